The Hall–Kier alpha value is -3.66. The van der Waals surface area contributed by atoms with E-state index in [9.17, 15) is 0 Å². The number of aromatic nitrogens is 3. The predicted octanol–water partition coefficient (Wildman–Crippen LogP) is 6.00. The lowest BCUT2D eigenvalue weighted by molar-refractivity contribution is 0.242. The molecule has 0 saturated heterocycles. The lowest BCUT2D eigenvalue weighted by atomic mass is 10.1. The summed E-state index contributed by atoms with van der Waals surface area (Å²) in [5.74, 6) is 0.888. The van der Waals surface area contributed by atoms with Gasteiger partial charge in [-0.1, -0.05) is 24.3 Å². The fourth-order valence-corrected chi connectivity index (χ4v) is 3.61. The van der Waals surface area contributed by atoms with Crippen molar-refractivity contribution in [3.8, 4) is 28.1 Å². The van der Waals surface area contributed by atoms with Crippen LogP contribution in [0.1, 0.15) is 13.8 Å². The first kappa shape index (κ1) is 17.4. The van der Waals surface area contributed by atoms with E-state index in [-0.39, 0.29) is 6.10 Å². The lowest BCUT2D eigenvalue weighted by Gasteiger charge is -2.10. The smallest absolute Gasteiger partial charge is 0.137 e. The third-order valence-electron chi connectivity index (χ3n) is 5.01. The second-order valence-corrected chi connectivity index (χ2v) is 7.42. The fraction of sp³-hybridized carbons (Fsp3) is 0.120. The van der Waals surface area contributed by atoms with Crippen molar-refractivity contribution in [3.05, 3.63) is 85.5 Å². The Bertz CT molecular complexity index is 1300. The van der Waals surface area contributed by atoms with Crippen molar-refractivity contribution in [2.75, 3.05) is 0 Å². The summed E-state index contributed by atoms with van der Waals surface area (Å²) >= 11 is 0. The van der Waals surface area contributed by atoms with E-state index >= 15 is 0 Å². The van der Waals surface area contributed by atoms with Crippen molar-refractivity contribution in [1.29, 1.82) is 0 Å². The quantitative estimate of drug-likeness (QED) is 0.384. The van der Waals surface area contributed by atoms with Crippen molar-refractivity contribution >= 4 is 16.4 Å². The first-order valence-electron chi connectivity index (χ1n) is 9.76. The molecule has 0 aliphatic heterocycles. The van der Waals surface area contributed by atoms with Crippen LogP contribution < -0.4 is 4.74 Å². The second kappa shape index (κ2) is 7.06. The van der Waals surface area contributed by atoms with Crippen LogP contribution in [0.15, 0.2) is 85.5 Å². The highest BCUT2D eigenvalue weighted by Gasteiger charge is 2.09. The number of rotatable bonds is 4. The molecule has 142 valence electrons. The largest absolute Gasteiger partial charge is 0.491 e. The average molecular weight is 379 g/mol. The number of hydrogen-bond acceptors (Lipinski definition) is 3. The van der Waals surface area contributed by atoms with E-state index in [2.05, 4.69) is 63.0 Å². The van der Waals surface area contributed by atoms with Crippen molar-refractivity contribution in [2.45, 2.75) is 20.0 Å². The molecule has 3 heterocycles. The minimum absolute atomic E-state index is 0.173. The highest BCUT2D eigenvalue weighted by Crippen LogP contribution is 2.28. The van der Waals surface area contributed by atoms with Crippen LogP contribution >= 0.6 is 0 Å². The summed E-state index contributed by atoms with van der Waals surface area (Å²) in [5, 5.41) is 2.31. The van der Waals surface area contributed by atoms with Gasteiger partial charge in [0.2, 0.25) is 0 Å². The standard InChI is InChI=1S/C25H21N3O/c1-17(2)29-23-7-5-18(6-8-23)20-10-12-28-24(16-27-25(28)14-20)21-3-4-22-15-26-11-9-19(22)13-21/h3-17H,1-2H3. The molecule has 0 radical (unpaired) electrons. The first-order chi connectivity index (χ1) is 14.2. The maximum absolute atomic E-state index is 5.74. The van der Waals surface area contributed by atoms with Crippen LogP contribution in [0, 0.1) is 0 Å². The summed E-state index contributed by atoms with van der Waals surface area (Å²) in [6, 6.07) is 20.9. The Morgan fingerprint density at radius 1 is 0.793 bits per heavy atom. The summed E-state index contributed by atoms with van der Waals surface area (Å²) in [7, 11) is 0. The van der Waals surface area contributed by atoms with Crippen LogP contribution in [-0.4, -0.2) is 20.5 Å². The number of nitrogens with zero attached hydrogens (tertiary/aromatic N) is 3. The van der Waals surface area contributed by atoms with Crippen LogP contribution in [0.2, 0.25) is 0 Å². The molecule has 3 aromatic heterocycles. The molecule has 0 aliphatic carbocycles. The molecule has 0 N–H and O–H groups in total. The van der Waals surface area contributed by atoms with Crippen LogP contribution in [0.25, 0.3) is 38.8 Å². The summed E-state index contributed by atoms with van der Waals surface area (Å²) in [5.41, 5.74) is 5.42. The number of benzene rings is 2. The van der Waals surface area contributed by atoms with Gasteiger partial charge in [0, 0.05) is 29.5 Å². The van der Waals surface area contributed by atoms with Crippen LogP contribution in [0.5, 0.6) is 5.75 Å². The van der Waals surface area contributed by atoms with Gasteiger partial charge in [-0.15, -0.1) is 0 Å². The number of ether oxygens (including phenoxy) is 1. The SMILES string of the molecule is CC(C)Oc1ccc(-c2ccn3c(-c4ccc5cnccc5c4)cnc3c2)cc1. The number of pyridine rings is 2. The van der Waals surface area contributed by atoms with Gasteiger partial charge in [-0.05, 0) is 66.8 Å². The van der Waals surface area contributed by atoms with Crippen LogP contribution in [0.3, 0.4) is 0 Å². The minimum Gasteiger partial charge on any atom is -0.491 e. The van der Waals surface area contributed by atoms with Crippen LogP contribution in [0.4, 0.5) is 0 Å². The summed E-state index contributed by atoms with van der Waals surface area (Å²) in [6.07, 6.45) is 7.90. The minimum atomic E-state index is 0.173. The third-order valence-corrected chi connectivity index (χ3v) is 5.01. The highest BCUT2D eigenvalue weighted by molar-refractivity contribution is 5.86. The number of hydrogen-bond donors (Lipinski definition) is 0. The van der Waals surface area contributed by atoms with Gasteiger partial charge in [0.1, 0.15) is 11.4 Å². The topological polar surface area (TPSA) is 39.4 Å². The molecule has 0 aliphatic rings. The molecule has 2 aromatic carbocycles. The van der Waals surface area contributed by atoms with Gasteiger partial charge in [0.25, 0.3) is 0 Å². The zero-order valence-electron chi connectivity index (χ0n) is 16.4. The van der Waals surface area contributed by atoms with Crippen molar-refractivity contribution in [1.82, 2.24) is 14.4 Å². The Morgan fingerprint density at radius 3 is 2.45 bits per heavy atom. The zero-order chi connectivity index (χ0) is 19.8. The number of fused-ring (bicyclic) bond motifs is 2. The monoisotopic (exact) mass is 379 g/mol. The maximum atomic E-state index is 5.74. The van der Waals surface area contributed by atoms with Gasteiger partial charge in [-0.25, -0.2) is 4.98 Å². The van der Waals surface area contributed by atoms with Gasteiger partial charge < -0.3 is 4.74 Å². The molecule has 0 bridgehead atoms. The van der Waals surface area contributed by atoms with E-state index in [0.29, 0.717) is 0 Å². The van der Waals surface area contributed by atoms with E-state index in [1.165, 1.54) is 5.39 Å². The molecule has 5 rings (SSSR count). The maximum Gasteiger partial charge on any atom is 0.137 e. The van der Waals surface area contributed by atoms with Crippen LogP contribution in [-0.2, 0) is 0 Å². The van der Waals surface area contributed by atoms with E-state index in [4.69, 9.17) is 4.74 Å². The Balaban J connectivity index is 1.51. The summed E-state index contributed by atoms with van der Waals surface area (Å²) in [4.78, 5) is 8.83. The molecule has 0 spiro atoms. The molecule has 29 heavy (non-hydrogen) atoms. The second-order valence-electron chi connectivity index (χ2n) is 7.42. The van der Waals surface area contributed by atoms with E-state index in [0.717, 1.165) is 39.2 Å². The first-order valence-corrected chi connectivity index (χ1v) is 9.76. The van der Waals surface area contributed by atoms with Gasteiger partial charge in [-0.2, -0.15) is 0 Å². The molecule has 4 heteroatoms. The Morgan fingerprint density at radius 2 is 1.62 bits per heavy atom. The zero-order valence-corrected chi connectivity index (χ0v) is 16.4. The van der Waals surface area contributed by atoms with Gasteiger partial charge in [0.05, 0.1) is 18.0 Å². The lowest BCUT2D eigenvalue weighted by Crippen LogP contribution is -2.05. The van der Waals surface area contributed by atoms with E-state index < -0.39 is 0 Å². The van der Waals surface area contributed by atoms with Gasteiger partial charge in [-0.3, -0.25) is 9.38 Å². The molecular formula is C25H21N3O. The van der Waals surface area contributed by atoms with Crippen molar-refractivity contribution < 1.29 is 4.74 Å². The predicted molar refractivity (Wildman–Crippen MR) is 117 cm³/mol. The molecule has 0 saturated carbocycles. The Labute approximate surface area is 169 Å². The van der Waals surface area contributed by atoms with Crippen molar-refractivity contribution in [3.63, 3.8) is 0 Å². The normalized spacial score (nSPS) is 11.4. The molecule has 4 nitrogen and oxygen atoms in total. The Kier molecular flexibility index (Phi) is 4.24. The summed E-state index contributed by atoms with van der Waals surface area (Å²) in [6.45, 7) is 4.06. The molecule has 0 fully saturated rings. The molecule has 0 amide bonds. The molecule has 0 unspecified atom stereocenters. The van der Waals surface area contributed by atoms with Gasteiger partial charge >= 0.3 is 0 Å². The molecule has 0 atom stereocenters. The summed E-state index contributed by atoms with van der Waals surface area (Å²) < 4.78 is 7.86. The van der Waals surface area contributed by atoms with Gasteiger partial charge in [0.15, 0.2) is 0 Å². The van der Waals surface area contributed by atoms with E-state index in [1.54, 1.807) is 0 Å². The van der Waals surface area contributed by atoms with Crippen molar-refractivity contribution in [2.24, 2.45) is 0 Å². The van der Waals surface area contributed by atoms with E-state index in [1.807, 2.05) is 50.6 Å². The molecule has 5 aromatic rings. The molecular weight excluding hydrogens is 358 g/mol. The highest BCUT2D eigenvalue weighted by atomic mass is 16.5. The average Bonchev–Trinajstić information content (AvgIpc) is 3.17. The number of imidazole rings is 1. The fourth-order valence-electron chi connectivity index (χ4n) is 3.61. The third kappa shape index (κ3) is 3.34.